The van der Waals surface area contributed by atoms with E-state index in [1.807, 2.05) is 0 Å². The van der Waals surface area contributed by atoms with E-state index in [4.69, 9.17) is 10.2 Å². The summed E-state index contributed by atoms with van der Waals surface area (Å²) < 4.78 is 8.70. The molecule has 0 saturated carbocycles. The van der Waals surface area contributed by atoms with E-state index in [0.717, 1.165) is 0 Å². The van der Waals surface area contributed by atoms with E-state index in [9.17, 15) is 19.2 Å². The van der Waals surface area contributed by atoms with Gasteiger partial charge in [0.05, 0.1) is 5.56 Å². The van der Waals surface area contributed by atoms with Gasteiger partial charge in [-0.05, 0) is 12.1 Å². The monoisotopic (exact) mass is 282 g/mol. The third-order valence-electron chi connectivity index (χ3n) is 2.21. The Kier molecular flexibility index (Phi) is 5.21. The highest BCUT2D eigenvalue weighted by atomic mass is 16.6. The number of hydrogen-bond acceptors (Lipinski definition) is 6. The smallest absolute Gasteiger partial charge is 0.349 e. The number of benzene rings is 1. The molecule has 2 N–H and O–H groups in total. The maximum Gasteiger partial charge on any atom is 0.349 e. The van der Waals surface area contributed by atoms with Gasteiger partial charge in [0, 0.05) is 0 Å². The lowest BCUT2D eigenvalue weighted by molar-refractivity contribution is -0.173. The summed E-state index contributed by atoms with van der Waals surface area (Å²) in [5, 5.41) is 17.6. The molecule has 20 heavy (non-hydrogen) atoms. The summed E-state index contributed by atoms with van der Waals surface area (Å²) in [4.78, 5) is 43.6. The zero-order valence-corrected chi connectivity index (χ0v) is 9.96. The van der Waals surface area contributed by atoms with Crippen molar-refractivity contribution in [2.75, 3.05) is 0 Å². The van der Waals surface area contributed by atoms with Gasteiger partial charge in [-0.2, -0.15) is 0 Å². The van der Waals surface area contributed by atoms with Crippen LogP contribution in [0.1, 0.15) is 10.4 Å². The summed E-state index contributed by atoms with van der Waals surface area (Å²) in [6, 6.07) is 7.38. The van der Waals surface area contributed by atoms with Crippen molar-refractivity contribution in [1.29, 1.82) is 0 Å². The lowest BCUT2D eigenvalue weighted by Gasteiger charge is -2.18. The Hall–Kier alpha value is -2.90. The Balaban J connectivity index is 2.92. The van der Waals surface area contributed by atoms with E-state index in [0.29, 0.717) is 0 Å². The average Bonchev–Trinajstić information content (AvgIpc) is 2.42. The molecule has 0 aliphatic carbocycles. The number of aliphatic carboxylic acids is 2. The van der Waals surface area contributed by atoms with E-state index < -0.39 is 30.1 Å². The van der Waals surface area contributed by atoms with E-state index in [-0.39, 0.29) is 12.0 Å². The molecule has 1 unspecified atom stereocenters. The highest BCUT2D eigenvalue weighted by Gasteiger charge is 2.39. The number of carbonyl (C=O) groups is 4. The Morgan fingerprint density at radius 3 is 2.00 bits per heavy atom. The van der Waals surface area contributed by atoms with E-state index in [1.54, 1.807) is 6.07 Å². The fourth-order valence-corrected chi connectivity index (χ4v) is 1.32. The molecule has 8 heteroatoms. The van der Waals surface area contributed by atoms with Crippen LogP contribution >= 0.6 is 0 Å². The molecule has 0 heterocycles. The first kappa shape index (κ1) is 15.2. The Morgan fingerprint density at radius 1 is 1.00 bits per heavy atom. The van der Waals surface area contributed by atoms with Gasteiger partial charge in [-0.15, -0.1) is 0 Å². The van der Waals surface area contributed by atoms with Gasteiger partial charge in [-0.3, -0.25) is 4.79 Å². The maximum absolute atomic E-state index is 11.7. The molecule has 1 aromatic carbocycles. The summed E-state index contributed by atoms with van der Waals surface area (Å²) >= 11 is 0. The van der Waals surface area contributed by atoms with Gasteiger partial charge < -0.3 is 19.7 Å². The molecular formula is C12H10O8. The molecule has 2 atom stereocenters. The zero-order chi connectivity index (χ0) is 15.1. The fourth-order valence-electron chi connectivity index (χ4n) is 1.32. The lowest BCUT2D eigenvalue weighted by atomic mass is 10.2. The molecular weight excluding hydrogens is 272 g/mol. The van der Waals surface area contributed by atoms with Gasteiger partial charge in [-0.25, -0.2) is 14.4 Å². The molecule has 1 rings (SSSR count). The van der Waals surface area contributed by atoms with Gasteiger partial charge >= 0.3 is 17.9 Å². The molecule has 0 aliphatic rings. The molecule has 1 aromatic rings. The van der Waals surface area contributed by atoms with Crippen LogP contribution in [0.2, 0.25) is 0 Å². The molecule has 0 spiro atoms. The molecule has 0 bridgehead atoms. The number of rotatable bonds is 7. The number of carboxylic acids is 2. The van der Waals surface area contributed by atoms with Gasteiger partial charge in [0.2, 0.25) is 12.2 Å². The lowest BCUT2D eigenvalue weighted by Crippen LogP contribution is -2.44. The highest BCUT2D eigenvalue weighted by molar-refractivity contribution is 5.93. The first-order chi connectivity index (χ1) is 9.47. The molecule has 0 amide bonds. The van der Waals surface area contributed by atoms with Gasteiger partial charge in [-0.1, -0.05) is 18.2 Å². The van der Waals surface area contributed by atoms with Crippen molar-refractivity contribution in [3.8, 4) is 0 Å². The fraction of sp³-hybridized carbons (Fsp3) is 0.167. The summed E-state index contributed by atoms with van der Waals surface area (Å²) in [6.07, 6.45) is -4.27. The number of carbonyl (C=O) groups excluding carboxylic acids is 2. The zero-order valence-electron chi connectivity index (χ0n) is 9.96. The number of esters is 1. The van der Waals surface area contributed by atoms with Crippen LogP contribution in [0.3, 0.4) is 0 Å². The second-order valence-corrected chi connectivity index (χ2v) is 3.52. The van der Waals surface area contributed by atoms with Crippen LogP contribution < -0.4 is 0 Å². The Bertz CT molecular complexity index is 509. The second-order valence-electron chi connectivity index (χ2n) is 3.52. The predicted molar refractivity (Wildman–Crippen MR) is 61.9 cm³/mol. The van der Waals surface area contributed by atoms with Crippen LogP contribution in [0.5, 0.6) is 0 Å². The summed E-state index contributed by atoms with van der Waals surface area (Å²) in [6.45, 7) is -0.231. The minimum atomic E-state index is -2.15. The van der Waals surface area contributed by atoms with Crippen LogP contribution in [0.25, 0.3) is 0 Å². The number of ether oxygens (including phenoxy) is 2. The summed E-state index contributed by atoms with van der Waals surface area (Å²) in [5.41, 5.74) is 0.0361. The summed E-state index contributed by atoms with van der Waals surface area (Å²) in [7, 11) is 0. The second kappa shape index (κ2) is 6.88. The van der Waals surface area contributed by atoms with Crippen molar-refractivity contribution < 1.29 is 38.9 Å². The van der Waals surface area contributed by atoms with E-state index in [1.165, 1.54) is 24.3 Å². The largest absolute Gasteiger partial charge is 0.478 e. The topological polar surface area (TPSA) is 127 Å². The molecule has 0 radical (unpaired) electrons. The quantitative estimate of drug-likeness (QED) is 0.525. The van der Waals surface area contributed by atoms with Crippen LogP contribution in [-0.4, -0.2) is 46.8 Å². The van der Waals surface area contributed by atoms with Crippen molar-refractivity contribution in [3.05, 3.63) is 35.9 Å². The van der Waals surface area contributed by atoms with Crippen molar-refractivity contribution in [1.82, 2.24) is 0 Å². The molecule has 0 aromatic heterocycles. The molecule has 0 aliphatic heterocycles. The van der Waals surface area contributed by atoms with Crippen molar-refractivity contribution in [2.45, 2.75) is 12.2 Å². The average molecular weight is 282 g/mol. The first-order valence-corrected chi connectivity index (χ1v) is 5.28. The standard InChI is InChI=1S/C12H10O8/c13-6-19-8(10(14)15)9(11(16)17)20-12(18)7-4-2-1-3-5-7/h1-6,8-9H,(H,14,15)(H,16,17)/t8?,9-/m0/s1. The first-order valence-electron chi connectivity index (χ1n) is 5.28. The van der Waals surface area contributed by atoms with Crippen LogP contribution in [-0.2, 0) is 23.9 Å². The summed E-state index contributed by atoms with van der Waals surface area (Å²) in [5.74, 6) is -4.53. The van der Waals surface area contributed by atoms with Crippen LogP contribution in [0.15, 0.2) is 30.3 Å². The Labute approximate surface area is 112 Å². The van der Waals surface area contributed by atoms with Crippen LogP contribution in [0.4, 0.5) is 0 Å². The van der Waals surface area contributed by atoms with E-state index >= 15 is 0 Å². The molecule has 0 fully saturated rings. The molecule has 106 valence electrons. The van der Waals surface area contributed by atoms with Gasteiger partial charge in [0.25, 0.3) is 6.47 Å². The van der Waals surface area contributed by atoms with E-state index in [2.05, 4.69) is 9.47 Å². The third-order valence-corrected chi connectivity index (χ3v) is 2.21. The maximum atomic E-state index is 11.7. The van der Waals surface area contributed by atoms with Crippen molar-refractivity contribution in [2.24, 2.45) is 0 Å². The minimum Gasteiger partial charge on any atom is -0.478 e. The van der Waals surface area contributed by atoms with Gasteiger partial charge in [0.15, 0.2) is 0 Å². The highest BCUT2D eigenvalue weighted by Crippen LogP contribution is 2.10. The van der Waals surface area contributed by atoms with Crippen LogP contribution in [0, 0.1) is 0 Å². The number of hydrogen-bond donors (Lipinski definition) is 2. The number of carboxylic acid groups (broad SMARTS) is 2. The SMILES string of the molecule is O=COC(C(=O)O)[C@H](OC(=O)c1ccccc1)C(=O)O. The molecule has 0 saturated heterocycles. The van der Waals surface area contributed by atoms with Crippen molar-refractivity contribution >= 4 is 24.4 Å². The molecule has 8 nitrogen and oxygen atoms in total. The normalized spacial score (nSPS) is 12.8. The minimum absolute atomic E-state index is 0.0361. The van der Waals surface area contributed by atoms with Crippen molar-refractivity contribution in [3.63, 3.8) is 0 Å². The Morgan fingerprint density at radius 2 is 1.55 bits per heavy atom. The predicted octanol–water partition coefficient (Wildman–Crippen LogP) is -0.0772. The van der Waals surface area contributed by atoms with Gasteiger partial charge in [0.1, 0.15) is 0 Å². The third kappa shape index (κ3) is 3.80.